The first-order chi connectivity index (χ1) is 9.01. The fraction of sp³-hybridized carbons (Fsp3) is 0.667. The highest BCUT2D eigenvalue weighted by Gasteiger charge is 2.24. The quantitative estimate of drug-likeness (QED) is 0.301. The summed E-state index contributed by atoms with van der Waals surface area (Å²) in [7, 11) is 5.42. The normalized spacial score (nSPS) is 12.6. The molecule has 1 N–H and O–H groups in total. The molecule has 0 aromatic rings. The van der Waals surface area contributed by atoms with Gasteiger partial charge in [0.15, 0.2) is 11.9 Å². The van der Waals surface area contributed by atoms with Crippen molar-refractivity contribution in [3.63, 3.8) is 0 Å². The fourth-order valence-electron chi connectivity index (χ4n) is 1.51. The molecule has 0 rings (SSSR count). The molecule has 0 amide bonds. The van der Waals surface area contributed by atoms with Crippen molar-refractivity contribution in [3.8, 4) is 0 Å². The van der Waals surface area contributed by atoms with Gasteiger partial charge in [-0.15, -0.1) is 0 Å². The maximum absolute atomic E-state index is 11.5. The summed E-state index contributed by atoms with van der Waals surface area (Å²) in [5.74, 6) is -4.96. The number of nitrogens with zero attached hydrogens (tertiary/aromatic N) is 1. The van der Waals surface area contributed by atoms with Crippen molar-refractivity contribution in [1.82, 2.24) is 0 Å². The lowest BCUT2D eigenvalue weighted by atomic mass is 10.2. The summed E-state index contributed by atoms with van der Waals surface area (Å²) in [6.07, 6.45) is -2.13. The zero-order valence-electron chi connectivity index (χ0n) is 11.7. The van der Waals surface area contributed by atoms with Crippen LogP contribution in [0.15, 0.2) is 0 Å². The van der Waals surface area contributed by atoms with E-state index in [0.717, 1.165) is 0 Å². The summed E-state index contributed by atoms with van der Waals surface area (Å²) in [5.41, 5.74) is 0. The first-order valence-electron chi connectivity index (χ1n) is 5.97. The molecule has 8 nitrogen and oxygen atoms in total. The van der Waals surface area contributed by atoms with Crippen molar-refractivity contribution in [2.24, 2.45) is 0 Å². The number of Topliss-reactive ketones (excluding diaryl/α,β-unsaturated/α-hetero) is 1. The van der Waals surface area contributed by atoms with Crippen molar-refractivity contribution in [2.45, 2.75) is 25.4 Å². The van der Waals surface area contributed by atoms with Gasteiger partial charge in [-0.2, -0.15) is 0 Å². The topological polar surface area (TPSA) is 121 Å². The van der Waals surface area contributed by atoms with Gasteiger partial charge in [0.1, 0.15) is 12.5 Å². The van der Waals surface area contributed by atoms with Crippen LogP contribution in [0.25, 0.3) is 0 Å². The highest BCUT2D eigenvalue weighted by atomic mass is 16.5. The molecule has 20 heavy (non-hydrogen) atoms. The average molecular weight is 289 g/mol. The third-order valence-corrected chi connectivity index (χ3v) is 2.24. The number of hydrogen-bond acceptors (Lipinski definition) is 6. The molecule has 0 saturated heterocycles. The van der Waals surface area contributed by atoms with Gasteiger partial charge in [0, 0.05) is 6.42 Å². The number of aliphatic carboxylic acids is 2. The first kappa shape index (κ1) is 18.0. The molecule has 1 unspecified atom stereocenters. The highest BCUT2D eigenvalue weighted by molar-refractivity contribution is 6.31. The molecule has 0 aromatic carbocycles. The molecule has 0 aliphatic heterocycles. The number of carbonyl (C=O) groups excluding carboxylic acids is 3. The van der Waals surface area contributed by atoms with Crippen LogP contribution in [0, 0.1) is 0 Å². The molecule has 8 heteroatoms. The Kier molecular flexibility index (Phi) is 6.84. The van der Waals surface area contributed by atoms with Gasteiger partial charge in [-0.05, 0) is 0 Å². The van der Waals surface area contributed by atoms with Crippen LogP contribution in [0.2, 0.25) is 0 Å². The number of rotatable bonds is 9. The second-order valence-corrected chi connectivity index (χ2v) is 5.39. The zero-order chi connectivity index (χ0) is 15.9. The fourth-order valence-corrected chi connectivity index (χ4v) is 1.51. The lowest BCUT2D eigenvalue weighted by molar-refractivity contribution is -0.873. The van der Waals surface area contributed by atoms with E-state index in [1.165, 1.54) is 0 Å². The summed E-state index contributed by atoms with van der Waals surface area (Å²) in [5, 5.41) is 18.9. The average Bonchev–Trinajstić information content (AvgIpc) is 2.21. The molecule has 0 spiro atoms. The smallest absolute Gasteiger partial charge is 0.307 e. The van der Waals surface area contributed by atoms with Gasteiger partial charge in [-0.1, -0.05) is 0 Å². The minimum Gasteiger partial charge on any atom is -0.542 e. The van der Waals surface area contributed by atoms with E-state index in [1.807, 2.05) is 21.1 Å². The van der Waals surface area contributed by atoms with E-state index in [1.54, 1.807) is 0 Å². The van der Waals surface area contributed by atoms with Crippen molar-refractivity contribution in [2.75, 3.05) is 27.7 Å². The minimum absolute atomic E-state index is 0.284. The number of carbonyl (C=O) groups is 4. The number of carboxylic acid groups (broad SMARTS) is 2. The molecule has 0 fully saturated rings. The Hall–Kier alpha value is -1.96. The molecule has 1 atom stereocenters. The van der Waals surface area contributed by atoms with Gasteiger partial charge >= 0.3 is 11.9 Å². The second-order valence-electron chi connectivity index (χ2n) is 5.39. The summed E-state index contributed by atoms with van der Waals surface area (Å²) in [4.78, 5) is 43.1. The standard InChI is InChI=1S/C12H19NO7/c1-13(2,3)7-8(6-10(15)16)20-11(17)5-4-9(14)12(18)19/h8H,4-7H2,1-3H3,(H-,15,16,18,19). The van der Waals surface area contributed by atoms with Gasteiger partial charge in [-0.3, -0.25) is 14.4 Å². The molecular weight excluding hydrogens is 270 g/mol. The number of likely N-dealkylation sites (N-methyl/N-ethyl adjacent to an activating group) is 1. The third-order valence-electron chi connectivity index (χ3n) is 2.24. The Bertz CT molecular complexity index is 397. The Morgan fingerprint density at radius 2 is 1.70 bits per heavy atom. The van der Waals surface area contributed by atoms with Gasteiger partial charge < -0.3 is 24.2 Å². The lowest BCUT2D eigenvalue weighted by Gasteiger charge is -2.28. The number of hydrogen-bond donors (Lipinski definition) is 1. The predicted molar refractivity (Wildman–Crippen MR) is 64.3 cm³/mol. The van der Waals surface area contributed by atoms with Crippen LogP contribution in [0.3, 0.4) is 0 Å². The summed E-state index contributed by atoms with van der Waals surface area (Å²) in [6.45, 7) is 0.284. The van der Waals surface area contributed by atoms with Crippen molar-refractivity contribution < 1.29 is 38.6 Å². The van der Waals surface area contributed by atoms with E-state index in [4.69, 9.17) is 9.84 Å². The van der Waals surface area contributed by atoms with Crippen LogP contribution in [0.4, 0.5) is 0 Å². The predicted octanol–water partition coefficient (Wildman–Crippen LogP) is -1.82. The van der Waals surface area contributed by atoms with Gasteiger partial charge in [0.05, 0.1) is 34.0 Å². The Morgan fingerprint density at radius 1 is 1.15 bits per heavy atom. The number of quaternary nitrogens is 1. The molecule has 0 aliphatic rings. The highest BCUT2D eigenvalue weighted by Crippen LogP contribution is 2.07. The van der Waals surface area contributed by atoms with Gasteiger partial charge in [-0.25, -0.2) is 0 Å². The number of esters is 1. The monoisotopic (exact) mass is 289 g/mol. The Morgan fingerprint density at radius 3 is 2.10 bits per heavy atom. The second kappa shape index (κ2) is 7.59. The van der Waals surface area contributed by atoms with Gasteiger partial charge in [0.25, 0.3) is 0 Å². The van der Waals surface area contributed by atoms with Crippen LogP contribution in [0.5, 0.6) is 0 Å². The van der Waals surface area contributed by atoms with Crippen LogP contribution in [0.1, 0.15) is 19.3 Å². The molecule has 0 radical (unpaired) electrons. The molecule has 0 aliphatic carbocycles. The molecular formula is C12H19NO7. The van der Waals surface area contributed by atoms with E-state index < -0.39 is 42.6 Å². The first-order valence-corrected chi connectivity index (χ1v) is 5.97. The van der Waals surface area contributed by atoms with Crippen LogP contribution in [-0.4, -0.2) is 67.1 Å². The summed E-state index contributed by atoms with van der Waals surface area (Å²) < 4.78 is 5.36. The van der Waals surface area contributed by atoms with Crippen LogP contribution in [-0.2, 0) is 23.9 Å². The largest absolute Gasteiger partial charge is 0.542 e. The molecule has 114 valence electrons. The number of ketones is 1. The van der Waals surface area contributed by atoms with Crippen LogP contribution < -0.4 is 5.11 Å². The SMILES string of the molecule is C[N+](C)(C)CC(CC(=O)O)OC(=O)CCC(=O)C(=O)[O-]. The summed E-state index contributed by atoms with van der Waals surface area (Å²) >= 11 is 0. The van der Waals surface area contributed by atoms with Crippen molar-refractivity contribution >= 4 is 23.7 Å². The maximum Gasteiger partial charge on any atom is 0.307 e. The van der Waals surface area contributed by atoms with Crippen LogP contribution >= 0.6 is 0 Å². The van der Waals surface area contributed by atoms with E-state index in [-0.39, 0.29) is 13.0 Å². The Labute approximate surface area is 116 Å². The van der Waals surface area contributed by atoms with E-state index >= 15 is 0 Å². The molecule has 0 bridgehead atoms. The van der Waals surface area contributed by atoms with E-state index in [0.29, 0.717) is 4.48 Å². The van der Waals surface area contributed by atoms with E-state index in [9.17, 15) is 24.3 Å². The van der Waals surface area contributed by atoms with Crippen molar-refractivity contribution in [1.29, 1.82) is 0 Å². The molecule has 0 saturated carbocycles. The number of carboxylic acids is 2. The zero-order valence-corrected chi connectivity index (χ0v) is 11.7. The minimum atomic E-state index is -1.86. The van der Waals surface area contributed by atoms with Gasteiger partial charge in [0.2, 0.25) is 0 Å². The molecule has 0 heterocycles. The van der Waals surface area contributed by atoms with Crippen molar-refractivity contribution in [3.05, 3.63) is 0 Å². The summed E-state index contributed by atoms with van der Waals surface area (Å²) in [6, 6.07) is 0. The lowest BCUT2D eigenvalue weighted by Crippen LogP contribution is -2.43. The molecule has 0 aromatic heterocycles. The number of ether oxygens (including phenoxy) is 1. The third kappa shape index (κ3) is 9.03. The maximum atomic E-state index is 11.5. The van der Waals surface area contributed by atoms with E-state index in [2.05, 4.69) is 0 Å². The Balaban J connectivity index is 4.42.